The number of aromatic nitrogens is 2. The Balaban J connectivity index is 2.10. The maximum Gasteiger partial charge on any atom is 0.186 e. The Kier molecular flexibility index (Phi) is 3.49. The number of anilines is 1. The molecule has 0 spiro atoms. The fourth-order valence-electron chi connectivity index (χ4n) is 1.51. The quantitative estimate of drug-likeness (QED) is 0.778. The van der Waals surface area contributed by atoms with Crippen LogP contribution in [0.2, 0.25) is 0 Å². The van der Waals surface area contributed by atoms with Crippen molar-refractivity contribution in [2.24, 2.45) is 0 Å². The van der Waals surface area contributed by atoms with Crippen LogP contribution >= 0.6 is 11.3 Å². The molecule has 0 bridgehead atoms. The van der Waals surface area contributed by atoms with Crippen molar-refractivity contribution in [2.75, 3.05) is 11.9 Å². The highest BCUT2D eigenvalue weighted by Crippen LogP contribution is 2.21. The largest absolute Gasteiger partial charge is 0.345 e. The average molecular weight is 247 g/mol. The van der Waals surface area contributed by atoms with Gasteiger partial charge in [-0.15, -0.1) is 0 Å². The molecule has 0 N–H and O–H groups in total. The van der Waals surface area contributed by atoms with E-state index in [-0.39, 0.29) is 0 Å². The fourth-order valence-corrected chi connectivity index (χ4v) is 2.20. The van der Waals surface area contributed by atoms with Crippen molar-refractivity contribution in [3.8, 4) is 0 Å². The summed E-state index contributed by atoms with van der Waals surface area (Å²) in [6.07, 6.45) is 2.41. The minimum Gasteiger partial charge on any atom is -0.345 e. The summed E-state index contributed by atoms with van der Waals surface area (Å²) in [5.74, 6) is 0. The second-order valence-corrected chi connectivity index (χ2v) is 4.83. The predicted octanol–water partition coefficient (Wildman–Crippen LogP) is 2.30. The molecule has 0 unspecified atom stereocenters. The third kappa shape index (κ3) is 2.88. The molecule has 0 aliphatic heterocycles. The number of pyridine rings is 1. The molecule has 0 atom stereocenters. The van der Waals surface area contributed by atoms with Gasteiger partial charge in [-0.3, -0.25) is 9.78 Å². The Morgan fingerprint density at radius 1 is 1.47 bits per heavy atom. The van der Waals surface area contributed by atoms with Crippen molar-refractivity contribution in [1.82, 2.24) is 9.97 Å². The van der Waals surface area contributed by atoms with Crippen LogP contribution in [0.5, 0.6) is 0 Å². The molecule has 0 saturated heterocycles. The summed E-state index contributed by atoms with van der Waals surface area (Å²) in [7, 11) is 1.94. The molecule has 2 heterocycles. The minimum absolute atomic E-state index is 0.643. The highest BCUT2D eigenvalue weighted by Gasteiger charge is 2.07. The molecule has 2 aromatic heterocycles. The number of nitrogens with zero attached hydrogens (tertiary/aromatic N) is 3. The van der Waals surface area contributed by atoms with Gasteiger partial charge in [0, 0.05) is 12.7 Å². The van der Waals surface area contributed by atoms with Crippen LogP contribution in [0, 0.1) is 6.92 Å². The van der Waals surface area contributed by atoms with Crippen LogP contribution in [0.4, 0.5) is 5.13 Å². The van der Waals surface area contributed by atoms with E-state index in [0.717, 1.165) is 22.8 Å². The summed E-state index contributed by atoms with van der Waals surface area (Å²) >= 11 is 1.38. The molecule has 0 aliphatic carbocycles. The lowest BCUT2D eigenvalue weighted by molar-refractivity contribution is 0.112. The third-order valence-corrected chi connectivity index (χ3v) is 3.34. The Morgan fingerprint density at radius 3 is 2.94 bits per heavy atom. The maximum absolute atomic E-state index is 10.6. The van der Waals surface area contributed by atoms with Crippen molar-refractivity contribution >= 4 is 22.8 Å². The number of aryl methyl sites for hydroxylation is 1. The summed E-state index contributed by atoms with van der Waals surface area (Å²) < 4.78 is 0. The first-order chi connectivity index (χ1) is 8.19. The average Bonchev–Trinajstić information content (AvgIpc) is 2.77. The van der Waals surface area contributed by atoms with Crippen LogP contribution in [0.25, 0.3) is 0 Å². The zero-order valence-electron chi connectivity index (χ0n) is 9.75. The second kappa shape index (κ2) is 5.05. The van der Waals surface area contributed by atoms with Crippen LogP contribution in [-0.4, -0.2) is 23.3 Å². The third-order valence-electron chi connectivity index (χ3n) is 2.30. The zero-order chi connectivity index (χ0) is 12.3. The van der Waals surface area contributed by atoms with Crippen LogP contribution in [0.1, 0.15) is 21.1 Å². The van der Waals surface area contributed by atoms with E-state index in [2.05, 4.69) is 9.97 Å². The first-order valence-electron chi connectivity index (χ1n) is 5.23. The molecule has 0 aromatic carbocycles. The fraction of sp³-hybridized carbons (Fsp3) is 0.250. The number of carbonyl (C=O) groups is 1. The van der Waals surface area contributed by atoms with Gasteiger partial charge in [-0.2, -0.15) is 0 Å². The first kappa shape index (κ1) is 11.7. The number of thiazole rings is 1. The molecule has 88 valence electrons. The summed E-state index contributed by atoms with van der Waals surface area (Å²) in [5.41, 5.74) is 2.00. The number of hydrogen-bond acceptors (Lipinski definition) is 5. The molecule has 0 aliphatic rings. The molecule has 17 heavy (non-hydrogen) atoms. The Morgan fingerprint density at radius 2 is 2.29 bits per heavy atom. The molecule has 0 saturated carbocycles. The van der Waals surface area contributed by atoms with E-state index in [9.17, 15) is 4.79 Å². The summed E-state index contributed by atoms with van der Waals surface area (Å²) in [6, 6.07) is 5.94. The Hall–Kier alpha value is -1.75. The van der Waals surface area contributed by atoms with Gasteiger partial charge in [0.25, 0.3) is 0 Å². The van der Waals surface area contributed by atoms with Crippen LogP contribution in [0.15, 0.2) is 24.4 Å². The summed E-state index contributed by atoms with van der Waals surface area (Å²) in [5, 5.41) is 0.829. The van der Waals surface area contributed by atoms with Gasteiger partial charge >= 0.3 is 0 Å². The monoisotopic (exact) mass is 247 g/mol. The van der Waals surface area contributed by atoms with E-state index in [1.54, 1.807) is 6.20 Å². The topological polar surface area (TPSA) is 46.1 Å². The second-order valence-electron chi connectivity index (χ2n) is 3.79. The van der Waals surface area contributed by atoms with E-state index in [4.69, 9.17) is 0 Å². The van der Waals surface area contributed by atoms with Gasteiger partial charge in [-0.25, -0.2) is 4.98 Å². The molecule has 0 radical (unpaired) electrons. The molecule has 0 amide bonds. The predicted molar refractivity (Wildman–Crippen MR) is 68.6 cm³/mol. The van der Waals surface area contributed by atoms with Gasteiger partial charge in [0.1, 0.15) is 0 Å². The molecule has 5 heteroatoms. The van der Waals surface area contributed by atoms with Gasteiger partial charge in [0.05, 0.1) is 23.3 Å². The normalized spacial score (nSPS) is 10.2. The smallest absolute Gasteiger partial charge is 0.186 e. The lowest BCUT2D eigenvalue weighted by Crippen LogP contribution is -2.16. The molecular formula is C12H13N3OS. The maximum atomic E-state index is 10.6. The summed E-state index contributed by atoms with van der Waals surface area (Å²) in [4.78, 5) is 21.8. The number of rotatable bonds is 4. The lowest BCUT2D eigenvalue weighted by atomic mass is 10.3. The summed E-state index contributed by atoms with van der Waals surface area (Å²) in [6.45, 7) is 2.66. The molecule has 4 nitrogen and oxygen atoms in total. The molecule has 2 aromatic rings. The van der Waals surface area contributed by atoms with E-state index in [0.29, 0.717) is 11.4 Å². The number of hydrogen-bond donors (Lipinski definition) is 0. The zero-order valence-corrected chi connectivity index (χ0v) is 10.6. The van der Waals surface area contributed by atoms with Crippen molar-refractivity contribution in [3.63, 3.8) is 0 Å². The van der Waals surface area contributed by atoms with Gasteiger partial charge in [-0.1, -0.05) is 17.4 Å². The van der Waals surface area contributed by atoms with Gasteiger partial charge < -0.3 is 4.90 Å². The van der Waals surface area contributed by atoms with Gasteiger partial charge in [-0.05, 0) is 19.1 Å². The molecule has 0 fully saturated rings. The van der Waals surface area contributed by atoms with E-state index in [1.165, 1.54) is 11.3 Å². The Bertz CT molecular complexity index is 524. The Labute approximate surface area is 104 Å². The number of carbonyl (C=O) groups excluding carboxylic acids is 1. The standard InChI is InChI=1S/C12H13N3OS/c1-9-4-3-5-10(14-9)7-15(2)12-13-6-11(8-16)17-12/h3-6,8H,7H2,1-2H3. The van der Waals surface area contributed by atoms with Crippen LogP contribution < -0.4 is 4.90 Å². The van der Waals surface area contributed by atoms with Crippen molar-refractivity contribution in [3.05, 3.63) is 40.7 Å². The van der Waals surface area contributed by atoms with Crippen molar-refractivity contribution < 1.29 is 4.79 Å². The SMILES string of the molecule is Cc1cccc(CN(C)c2ncc(C=O)s2)n1. The van der Waals surface area contributed by atoms with Crippen molar-refractivity contribution in [1.29, 1.82) is 0 Å². The molecule has 2 rings (SSSR count). The van der Waals surface area contributed by atoms with Crippen LogP contribution in [0.3, 0.4) is 0 Å². The first-order valence-corrected chi connectivity index (χ1v) is 6.05. The van der Waals surface area contributed by atoms with Gasteiger partial charge in [0.15, 0.2) is 11.4 Å². The van der Waals surface area contributed by atoms with Crippen LogP contribution in [-0.2, 0) is 6.54 Å². The number of aldehydes is 1. The molecular weight excluding hydrogens is 234 g/mol. The highest BCUT2D eigenvalue weighted by molar-refractivity contribution is 7.17. The van der Waals surface area contributed by atoms with E-state index >= 15 is 0 Å². The van der Waals surface area contributed by atoms with Crippen molar-refractivity contribution in [2.45, 2.75) is 13.5 Å². The van der Waals surface area contributed by atoms with E-state index in [1.807, 2.05) is 37.1 Å². The van der Waals surface area contributed by atoms with Gasteiger partial charge in [0.2, 0.25) is 0 Å². The lowest BCUT2D eigenvalue weighted by Gasteiger charge is -2.15. The van der Waals surface area contributed by atoms with E-state index < -0.39 is 0 Å². The highest BCUT2D eigenvalue weighted by atomic mass is 32.1. The minimum atomic E-state index is 0.643.